The number of hydrogen-bond acceptors (Lipinski definition) is 5. The van der Waals surface area contributed by atoms with E-state index >= 15 is 0 Å². The molecule has 7 nitrogen and oxygen atoms in total. The number of ether oxygens (including phenoxy) is 1. The molecule has 200 valence electrons. The van der Waals surface area contributed by atoms with E-state index in [1.807, 2.05) is 18.7 Å². The maximum Gasteiger partial charge on any atom is 0.416 e. The Labute approximate surface area is 218 Å². The van der Waals surface area contributed by atoms with Crippen LogP contribution in [0.25, 0.3) is 0 Å². The molecule has 0 spiro atoms. The summed E-state index contributed by atoms with van der Waals surface area (Å²) < 4.78 is 45.5. The van der Waals surface area contributed by atoms with E-state index in [9.17, 15) is 22.8 Å². The number of amides is 2. The van der Waals surface area contributed by atoms with Gasteiger partial charge in [-0.05, 0) is 53.8 Å². The van der Waals surface area contributed by atoms with Crippen molar-refractivity contribution in [3.05, 3.63) is 64.2 Å². The van der Waals surface area contributed by atoms with Gasteiger partial charge in [-0.15, -0.1) is 0 Å². The number of alkyl halides is 3. The number of piperazine rings is 1. The van der Waals surface area contributed by atoms with Crippen molar-refractivity contribution in [3.8, 4) is 0 Å². The maximum atomic E-state index is 13.4. The van der Waals surface area contributed by atoms with E-state index in [0.29, 0.717) is 54.4 Å². The molecule has 3 atom stereocenters. The number of rotatable bonds is 6. The third-order valence-corrected chi connectivity index (χ3v) is 6.95. The highest BCUT2D eigenvalue weighted by atomic mass is 35.5. The van der Waals surface area contributed by atoms with Crippen LogP contribution in [0.5, 0.6) is 0 Å². The van der Waals surface area contributed by atoms with Crippen LogP contribution in [0.2, 0.25) is 5.02 Å². The summed E-state index contributed by atoms with van der Waals surface area (Å²) in [6, 6.07) is 9.28. The fraction of sp³-hybridized carbons (Fsp3) is 0.462. The number of carbonyl (C=O) groups is 2. The molecule has 2 heterocycles. The zero-order valence-corrected chi connectivity index (χ0v) is 21.4. The predicted octanol–water partition coefficient (Wildman–Crippen LogP) is 4.90. The molecule has 0 unspecified atom stereocenters. The van der Waals surface area contributed by atoms with Gasteiger partial charge in [-0.2, -0.15) is 13.2 Å². The Hall–Kier alpha value is -2.98. The number of nitrogens with one attached hydrogen (secondary N) is 1. The van der Waals surface area contributed by atoms with Crippen LogP contribution in [0.3, 0.4) is 0 Å². The van der Waals surface area contributed by atoms with E-state index in [2.05, 4.69) is 5.32 Å². The van der Waals surface area contributed by atoms with E-state index in [-0.39, 0.29) is 11.8 Å². The molecule has 0 aliphatic carbocycles. The fourth-order valence-electron chi connectivity index (χ4n) is 4.84. The molecule has 2 aliphatic heterocycles. The molecular formula is C26H30ClF3N4O3. The highest BCUT2D eigenvalue weighted by Gasteiger charge is 2.43. The van der Waals surface area contributed by atoms with Crippen molar-refractivity contribution < 1.29 is 27.5 Å². The highest BCUT2D eigenvalue weighted by molar-refractivity contribution is 6.30. The molecule has 2 aromatic carbocycles. The lowest BCUT2D eigenvalue weighted by Crippen LogP contribution is -2.52. The summed E-state index contributed by atoms with van der Waals surface area (Å²) in [5, 5.41) is 3.21. The molecule has 0 aromatic heterocycles. The van der Waals surface area contributed by atoms with Crippen LogP contribution in [0, 0.1) is 5.92 Å². The zero-order valence-electron chi connectivity index (χ0n) is 20.6. The largest absolute Gasteiger partial charge is 0.433 e. The van der Waals surface area contributed by atoms with E-state index in [1.165, 1.54) is 6.07 Å². The van der Waals surface area contributed by atoms with Gasteiger partial charge in [-0.1, -0.05) is 37.6 Å². The average Bonchev–Trinajstić information content (AvgIpc) is 3.24. The third-order valence-electron chi connectivity index (χ3n) is 6.69. The first-order valence-electron chi connectivity index (χ1n) is 12.2. The van der Waals surface area contributed by atoms with Gasteiger partial charge in [0.25, 0.3) is 5.91 Å². The molecule has 2 aliphatic rings. The molecule has 2 aromatic rings. The Morgan fingerprint density at radius 2 is 1.78 bits per heavy atom. The number of nitrogens with zero attached hydrogens (tertiary/aromatic N) is 2. The van der Waals surface area contributed by atoms with Gasteiger partial charge < -0.3 is 25.6 Å². The normalized spacial score (nSPS) is 21.1. The SMILES string of the molecule is CC(C)C[C@H](N)c1cc(C(F)(F)F)ccc1N1CCN(C(=O)[C@@H]2OC(=O)N[C@H]2c2ccc(Cl)cc2)CC1. The standard InChI is InChI=1S/C26H30ClF3N4O3/c1-15(2)13-20(31)19-14-17(26(28,29)30)5-8-21(19)33-9-11-34(12-10-33)24(35)23-22(32-25(36)37-23)16-3-6-18(27)7-4-16/h3-8,14-15,20,22-23H,9-13,31H2,1-2H3,(H,32,36)/t20-,22-,23+/m0/s1. The fourth-order valence-corrected chi connectivity index (χ4v) is 4.97. The number of hydrogen-bond donors (Lipinski definition) is 2. The van der Waals surface area contributed by atoms with E-state index in [1.54, 1.807) is 29.2 Å². The van der Waals surface area contributed by atoms with Crippen LogP contribution in [0.4, 0.5) is 23.7 Å². The van der Waals surface area contributed by atoms with Crippen molar-refractivity contribution in [2.45, 2.75) is 44.6 Å². The van der Waals surface area contributed by atoms with Gasteiger partial charge in [0.1, 0.15) is 6.04 Å². The van der Waals surface area contributed by atoms with Gasteiger partial charge in [0.2, 0.25) is 6.10 Å². The van der Waals surface area contributed by atoms with Crippen LogP contribution in [0.15, 0.2) is 42.5 Å². The van der Waals surface area contributed by atoms with Crippen molar-refractivity contribution in [2.75, 3.05) is 31.1 Å². The maximum absolute atomic E-state index is 13.4. The lowest BCUT2D eigenvalue weighted by molar-refractivity contribution is -0.140. The molecule has 0 bridgehead atoms. The first kappa shape index (κ1) is 27.1. The Morgan fingerprint density at radius 3 is 2.38 bits per heavy atom. The smallest absolute Gasteiger partial charge is 0.416 e. The van der Waals surface area contributed by atoms with Crippen molar-refractivity contribution in [1.82, 2.24) is 10.2 Å². The molecule has 2 saturated heterocycles. The van der Waals surface area contributed by atoms with Crippen LogP contribution in [0.1, 0.15) is 49.0 Å². The molecule has 11 heteroatoms. The first-order chi connectivity index (χ1) is 17.4. The van der Waals surface area contributed by atoms with Crippen LogP contribution in [-0.4, -0.2) is 49.2 Å². The van der Waals surface area contributed by atoms with Crippen molar-refractivity contribution >= 4 is 29.3 Å². The lowest BCUT2D eigenvalue weighted by Gasteiger charge is -2.38. The number of benzene rings is 2. The number of halogens is 4. The van der Waals surface area contributed by atoms with E-state index < -0.39 is 36.0 Å². The Kier molecular flexibility index (Phi) is 7.89. The minimum Gasteiger partial charge on any atom is -0.433 e. The second-order valence-electron chi connectivity index (χ2n) is 9.82. The van der Waals surface area contributed by atoms with Crippen molar-refractivity contribution in [3.63, 3.8) is 0 Å². The van der Waals surface area contributed by atoms with Crippen molar-refractivity contribution in [2.24, 2.45) is 11.7 Å². The third kappa shape index (κ3) is 6.13. The Morgan fingerprint density at radius 1 is 1.14 bits per heavy atom. The molecule has 0 radical (unpaired) electrons. The minimum absolute atomic E-state index is 0.211. The van der Waals surface area contributed by atoms with Crippen LogP contribution in [-0.2, 0) is 15.7 Å². The molecule has 0 saturated carbocycles. The molecule has 2 fully saturated rings. The van der Waals surface area contributed by atoms with E-state index in [4.69, 9.17) is 22.1 Å². The summed E-state index contributed by atoms with van der Waals surface area (Å²) in [5.41, 5.74) is 7.39. The Bertz CT molecular complexity index is 1130. The molecule has 37 heavy (non-hydrogen) atoms. The summed E-state index contributed by atoms with van der Waals surface area (Å²) in [6.45, 7) is 5.38. The minimum atomic E-state index is -4.47. The Balaban J connectivity index is 1.49. The topological polar surface area (TPSA) is 87.9 Å². The van der Waals surface area contributed by atoms with Gasteiger partial charge in [-0.25, -0.2) is 4.79 Å². The number of alkyl carbamates (subject to hydrolysis) is 1. The van der Waals surface area contributed by atoms with Gasteiger partial charge in [-0.3, -0.25) is 4.79 Å². The van der Waals surface area contributed by atoms with E-state index in [0.717, 1.165) is 12.1 Å². The highest BCUT2D eigenvalue weighted by Crippen LogP contribution is 2.37. The molecule has 4 rings (SSSR count). The van der Waals surface area contributed by atoms with Gasteiger partial charge in [0.15, 0.2) is 0 Å². The monoisotopic (exact) mass is 538 g/mol. The van der Waals surface area contributed by atoms with Crippen LogP contribution >= 0.6 is 11.6 Å². The molecular weight excluding hydrogens is 509 g/mol. The molecule has 2 amide bonds. The molecule has 3 N–H and O–H groups in total. The lowest BCUT2D eigenvalue weighted by atomic mass is 9.94. The van der Waals surface area contributed by atoms with Gasteiger partial charge in [0.05, 0.1) is 5.56 Å². The number of anilines is 1. The van der Waals surface area contributed by atoms with Crippen LogP contribution < -0.4 is 16.0 Å². The summed E-state index contributed by atoms with van der Waals surface area (Å²) in [6.07, 6.45) is -5.63. The summed E-state index contributed by atoms with van der Waals surface area (Å²) in [4.78, 5) is 28.9. The summed E-state index contributed by atoms with van der Waals surface area (Å²) >= 11 is 5.96. The average molecular weight is 539 g/mol. The van der Waals surface area contributed by atoms with Crippen molar-refractivity contribution in [1.29, 1.82) is 0 Å². The second-order valence-corrected chi connectivity index (χ2v) is 10.3. The van der Waals surface area contributed by atoms with Gasteiger partial charge >= 0.3 is 12.3 Å². The number of cyclic esters (lactones) is 1. The number of nitrogens with two attached hydrogens (primary N) is 1. The first-order valence-corrected chi connectivity index (χ1v) is 12.5. The second kappa shape index (κ2) is 10.8. The summed E-state index contributed by atoms with van der Waals surface area (Å²) in [5.74, 6) is -0.120. The number of carbonyl (C=O) groups excluding carboxylic acids is 2. The quantitative estimate of drug-likeness (QED) is 0.546. The zero-order chi connectivity index (χ0) is 26.9. The summed E-state index contributed by atoms with van der Waals surface area (Å²) in [7, 11) is 0. The van der Waals surface area contributed by atoms with Gasteiger partial charge in [0, 0.05) is 42.9 Å². The predicted molar refractivity (Wildman–Crippen MR) is 134 cm³/mol.